The lowest BCUT2D eigenvalue weighted by Crippen LogP contribution is -2.58. The van der Waals surface area contributed by atoms with Crippen molar-refractivity contribution < 1.29 is 29.4 Å². The number of carboxylic acids is 1. The summed E-state index contributed by atoms with van der Waals surface area (Å²) >= 11 is 0. The Morgan fingerprint density at radius 2 is 1.14 bits per heavy atom. The zero-order chi connectivity index (χ0) is 28.3. The van der Waals surface area contributed by atoms with Crippen LogP contribution in [0, 0.1) is 17.8 Å². The molecule has 1 aromatic carbocycles. The Kier molecular flexibility index (Phi) is 13.1. The maximum absolute atomic E-state index is 13.4. The van der Waals surface area contributed by atoms with Crippen LogP contribution in [0.4, 0.5) is 0 Å². The van der Waals surface area contributed by atoms with Crippen molar-refractivity contribution >= 4 is 23.7 Å². The summed E-state index contributed by atoms with van der Waals surface area (Å²) in [5.41, 5.74) is 6.71. The van der Waals surface area contributed by atoms with Gasteiger partial charge in [-0.1, -0.05) is 53.7 Å². The highest BCUT2D eigenvalue weighted by molar-refractivity contribution is 5.94. The summed E-state index contributed by atoms with van der Waals surface area (Å²) in [6, 6.07) is 2.31. The van der Waals surface area contributed by atoms with E-state index in [9.17, 15) is 29.4 Å². The van der Waals surface area contributed by atoms with Gasteiger partial charge in [-0.15, -0.1) is 0 Å². The number of hydrogen-bond acceptors (Lipinski definition) is 6. The molecule has 0 fully saturated rings. The second kappa shape index (κ2) is 15.2. The van der Waals surface area contributed by atoms with E-state index in [0.29, 0.717) is 12.0 Å². The molecule has 208 valence electrons. The number of aliphatic carboxylic acids is 1. The number of nitrogens with two attached hydrogens (primary N) is 1. The quantitative estimate of drug-likeness (QED) is 0.205. The van der Waals surface area contributed by atoms with Crippen LogP contribution in [0.25, 0.3) is 0 Å². The summed E-state index contributed by atoms with van der Waals surface area (Å²) in [6.45, 7) is 11.4. The zero-order valence-corrected chi connectivity index (χ0v) is 22.8. The molecule has 0 radical (unpaired) electrons. The van der Waals surface area contributed by atoms with Crippen molar-refractivity contribution in [1.82, 2.24) is 16.0 Å². The third kappa shape index (κ3) is 12.1. The van der Waals surface area contributed by atoms with Crippen molar-refractivity contribution in [3.8, 4) is 5.75 Å². The molecule has 10 heteroatoms. The van der Waals surface area contributed by atoms with Crippen LogP contribution in [0.1, 0.15) is 66.4 Å². The molecule has 1 rings (SSSR count). The van der Waals surface area contributed by atoms with Gasteiger partial charge in [-0.25, -0.2) is 4.79 Å². The molecule has 4 atom stereocenters. The van der Waals surface area contributed by atoms with E-state index in [1.165, 1.54) is 12.1 Å². The number of hydrogen-bond donors (Lipinski definition) is 6. The molecule has 4 unspecified atom stereocenters. The molecule has 0 spiro atoms. The molecule has 0 aliphatic rings. The monoisotopic (exact) mass is 520 g/mol. The molecule has 0 heterocycles. The topological polar surface area (TPSA) is 171 Å². The average Bonchev–Trinajstić information content (AvgIpc) is 2.77. The zero-order valence-electron chi connectivity index (χ0n) is 22.8. The normalized spacial score (nSPS) is 14.6. The number of carboxylic acid groups (broad SMARTS) is 1. The first-order valence-corrected chi connectivity index (χ1v) is 12.9. The number of phenols is 1. The van der Waals surface area contributed by atoms with Gasteiger partial charge in [0.1, 0.15) is 23.9 Å². The largest absolute Gasteiger partial charge is 0.508 e. The van der Waals surface area contributed by atoms with Gasteiger partial charge in [-0.3, -0.25) is 14.4 Å². The molecule has 1 aromatic rings. The molecule has 0 aliphatic heterocycles. The second-order valence-electron chi connectivity index (χ2n) is 10.9. The van der Waals surface area contributed by atoms with Crippen molar-refractivity contribution in [2.75, 3.05) is 0 Å². The van der Waals surface area contributed by atoms with Crippen LogP contribution in [0.15, 0.2) is 24.3 Å². The minimum atomic E-state index is -1.15. The van der Waals surface area contributed by atoms with Gasteiger partial charge in [0.15, 0.2) is 0 Å². The van der Waals surface area contributed by atoms with Gasteiger partial charge in [0.05, 0.1) is 6.04 Å². The number of nitrogens with one attached hydrogen (secondary N) is 3. The van der Waals surface area contributed by atoms with E-state index in [1.54, 1.807) is 12.1 Å². The van der Waals surface area contributed by atoms with Crippen molar-refractivity contribution in [2.45, 2.75) is 91.4 Å². The molecule has 0 saturated heterocycles. The smallest absolute Gasteiger partial charge is 0.326 e. The number of rotatable bonds is 15. The molecule has 0 aliphatic carbocycles. The maximum atomic E-state index is 13.4. The van der Waals surface area contributed by atoms with Crippen LogP contribution in [0.5, 0.6) is 5.75 Å². The Balaban J connectivity index is 3.14. The lowest BCUT2D eigenvalue weighted by atomic mass is 9.99. The molecule has 0 saturated carbocycles. The minimum Gasteiger partial charge on any atom is -0.508 e. The van der Waals surface area contributed by atoms with Gasteiger partial charge < -0.3 is 31.9 Å². The average molecular weight is 521 g/mol. The summed E-state index contributed by atoms with van der Waals surface area (Å²) in [7, 11) is 0. The number of aromatic hydroxyl groups is 1. The first kappa shape index (κ1) is 31.9. The van der Waals surface area contributed by atoms with Gasteiger partial charge in [0.25, 0.3) is 0 Å². The van der Waals surface area contributed by atoms with E-state index in [4.69, 9.17) is 5.73 Å². The van der Waals surface area contributed by atoms with Crippen LogP contribution in [0.2, 0.25) is 0 Å². The predicted octanol–water partition coefficient (Wildman–Crippen LogP) is 1.94. The van der Waals surface area contributed by atoms with Gasteiger partial charge in [-0.05, 0) is 54.7 Å². The molecule has 10 nitrogen and oxygen atoms in total. The van der Waals surface area contributed by atoms with Crippen LogP contribution >= 0.6 is 0 Å². The number of carbonyl (C=O) groups is 4. The molecule has 37 heavy (non-hydrogen) atoms. The lowest BCUT2D eigenvalue weighted by molar-refractivity contribution is -0.143. The summed E-state index contributed by atoms with van der Waals surface area (Å²) in [5.74, 6) is -2.51. The highest BCUT2D eigenvalue weighted by Gasteiger charge is 2.31. The van der Waals surface area contributed by atoms with Gasteiger partial charge in [0, 0.05) is 6.42 Å². The number of amides is 3. The first-order chi connectivity index (χ1) is 17.2. The van der Waals surface area contributed by atoms with Crippen molar-refractivity contribution in [3.63, 3.8) is 0 Å². The van der Waals surface area contributed by atoms with Crippen LogP contribution in [-0.4, -0.2) is 58.1 Å². The third-order valence-electron chi connectivity index (χ3n) is 5.73. The van der Waals surface area contributed by atoms with Crippen molar-refractivity contribution in [2.24, 2.45) is 23.5 Å². The van der Waals surface area contributed by atoms with E-state index in [1.807, 2.05) is 41.5 Å². The standard InChI is InChI=1S/C27H44N4O6/c1-15(2)11-20(28)24(33)29-22(14-18-7-9-19(32)10-8-18)26(35)30-21(12-16(3)4)25(34)31-23(27(36)37)13-17(5)6/h7-10,15-17,20-23,32H,11-14,28H2,1-6H3,(H,29,33)(H,30,35)(H,31,34)(H,36,37). The van der Waals surface area contributed by atoms with Crippen molar-refractivity contribution in [3.05, 3.63) is 29.8 Å². The lowest BCUT2D eigenvalue weighted by Gasteiger charge is -2.26. The first-order valence-electron chi connectivity index (χ1n) is 12.9. The highest BCUT2D eigenvalue weighted by Crippen LogP contribution is 2.13. The fraction of sp³-hybridized carbons (Fsp3) is 0.630. The summed E-state index contributed by atoms with van der Waals surface area (Å²) < 4.78 is 0. The Hall–Kier alpha value is -3.14. The number of benzene rings is 1. The molecule has 7 N–H and O–H groups in total. The number of phenolic OH excluding ortho intramolecular Hbond substituents is 1. The summed E-state index contributed by atoms with van der Waals surface area (Å²) in [4.78, 5) is 50.8. The predicted molar refractivity (Wildman–Crippen MR) is 142 cm³/mol. The van der Waals surface area contributed by atoms with Gasteiger partial charge in [0.2, 0.25) is 17.7 Å². The molecular formula is C27H44N4O6. The number of carbonyl (C=O) groups excluding carboxylic acids is 3. The SMILES string of the molecule is CC(C)CC(N)C(=O)NC(Cc1ccc(O)cc1)C(=O)NC(CC(C)C)C(=O)NC(CC(C)C)C(=O)O. The Morgan fingerprint density at radius 1 is 0.703 bits per heavy atom. The van der Waals surface area contributed by atoms with E-state index >= 15 is 0 Å². The van der Waals surface area contributed by atoms with E-state index < -0.39 is 47.9 Å². The van der Waals surface area contributed by atoms with E-state index in [0.717, 1.165) is 0 Å². The highest BCUT2D eigenvalue weighted by atomic mass is 16.4. The minimum absolute atomic E-state index is 0.0223. The molecule has 3 amide bonds. The Morgan fingerprint density at radius 3 is 1.62 bits per heavy atom. The van der Waals surface area contributed by atoms with E-state index in [2.05, 4.69) is 16.0 Å². The summed E-state index contributed by atoms with van der Waals surface area (Å²) in [5, 5.41) is 27.1. The second-order valence-corrected chi connectivity index (χ2v) is 10.9. The molecule has 0 bridgehead atoms. The van der Waals surface area contributed by atoms with Crippen LogP contribution < -0.4 is 21.7 Å². The molecular weight excluding hydrogens is 476 g/mol. The molecule has 0 aromatic heterocycles. The van der Waals surface area contributed by atoms with Gasteiger partial charge >= 0.3 is 5.97 Å². The third-order valence-corrected chi connectivity index (χ3v) is 5.73. The fourth-order valence-electron chi connectivity index (χ4n) is 3.91. The maximum Gasteiger partial charge on any atom is 0.326 e. The van der Waals surface area contributed by atoms with Crippen LogP contribution in [-0.2, 0) is 25.6 Å². The summed E-state index contributed by atoms with van der Waals surface area (Å²) in [6.07, 6.45) is 1.06. The van der Waals surface area contributed by atoms with E-state index in [-0.39, 0.29) is 42.8 Å². The Labute approximate surface area is 219 Å². The van der Waals surface area contributed by atoms with Gasteiger partial charge in [-0.2, -0.15) is 0 Å². The van der Waals surface area contributed by atoms with Crippen molar-refractivity contribution in [1.29, 1.82) is 0 Å². The fourth-order valence-corrected chi connectivity index (χ4v) is 3.91. The van der Waals surface area contributed by atoms with Crippen LogP contribution in [0.3, 0.4) is 0 Å². The Bertz CT molecular complexity index is 901.